The number of amides is 2. The number of carbonyl (C=O) groups excluding carboxylic acids is 2. The summed E-state index contributed by atoms with van der Waals surface area (Å²) in [4.78, 5) is 35.7. The summed E-state index contributed by atoms with van der Waals surface area (Å²) in [6.07, 6.45) is 3.34. The van der Waals surface area contributed by atoms with Gasteiger partial charge >= 0.3 is 5.97 Å². The molecular weight excluding hydrogens is 324 g/mol. The zero-order chi connectivity index (χ0) is 18.3. The van der Waals surface area contributed by atoms with Crippen molar-refractivity contribution >= 4 is 17.8 Å². The van der Waals surface area contributed by atoms with E-state index in [1.165, 1.54) is 0 Å². The van der Waals surface area contributed by atoms with Gasteiger partial charge in [-0.15, -0.1) is 0 Å². The van der Waals surface area contributed by atoms with E-state index < -0.39 is 23.3 Å². The van der Waals surface area contributed by atoms with Crippen LogP contribution >= 0.6 is 0 Å². The Labute approximate surface area is 146 Å². The number of carboxylic acids is 1. The van der Waals surface area contributed by atoms with Crippen LogP contribution in [0.25, 0.3) is 0 Å². The molecule has 1 saturated carbocycles. The lowest BCUT2D eigenvalue weighted by atomic mass is 9.81. The number of nitrogens with one attached hydrogen (secondary N) is 2. The molecule has 0 aliphatic heterocycles. The lowest BCUT2D eigenvalue weighted by Crippen LogP contribution is -2.57. The van der Waals surface area contributed by atoms with Crippen molar-refractivity contribution in [3.05, 3.63) is 29.8 Å². The topological polar surface area (TPSA) is 105 Å². The second-order valence-electron chi connectivity index (χ2n) is 6.14. The fourth-order valence-electron chi connectivity index (χ4n) is 2.99. The van der Waals surface area contributed by atoms with Crippen molar-refractivity contribution < 1.29 is 24.2 Å². The fourth-order valence-corrected chi connectivity index (χ4v) is 2.99. The van der Waals surface area contributed by atoms with Crippen LogP contribution in [0.15, 0.2) is 24.3 Å². The molecule has 1 aliphatic rings. The van der Waals surface area contributed by atoms with E-state index in [1.54, 1.807) is 24.3 Å². The molecule has 0 unspecified atom stereocenters. The number of carboxylic acid groups (broad SMARTS) is 1. The molecule has 0 heterocycles. The minimum absolute atomic E-state index is 0.263. The number of carbonyl (C=O) groups is 3. The predicted octanol–water partition coefficient (Wildman–Crippen LogP) is 1.72. The molecule has 0 radical (unpaired) electrons. The number of aliphatic carboxylic acids is 1. The minimum Gasteiger partial charge on any atom is -0.494 e. The van der Waals surface area contributed by atoms with Crippen LogP contribution in [0.3, 0.4) is 0 Å². The fraction of sp³-hybridized carbons (Fsp3) is 0.500. The summed E-state index contributed by atoms with van der Waals surface area (Å²) >= 11 is 0. The van der Waals surface area contributed by atoms with Crippen molar-refractivity contribution in [3.63, 3.8) is 0 Å². The Bertz CT molecular complexity index is 621. The number of hydrogen-bond donors (Lipinski definition) is 3. The van der Waals surface area contributed by atoms with Gasteiger partial charge in [-0.3, -0.25) is 9.59 Å². The van der Waals surface area contributed by atoms with Crippen LogP contribution in [0, 0.1) is 0 Å². The Morgan fingerprint density at radius 1 is 1.12 bits per heavy atom. The molecule has 0 saturated heterocycles. The Kier molecular flexibility index (Phi) is 6.38. The van der Waals surface area contributed by atoms with E-state index in [2.05, 4.69) is 10.6 Å². The molecule has 1 aromatic rings. The maximum atomic E-state index is 12.1. The second kappa shape index (κ2) is 8.50. The van der Waals surface area contributed by atoms with E-state index >= 15 is 0 Å². The first-order valence-electron chi connectivity index (χ1n) is 8.52. The van der Waals surface area contributed by atoms with E-state index in [4.69, 9.17) is 4.74 Å². The molecule has 0 spiro atoms. The van der Waals surface area contributed by atoms with Gasteiger partial charge in [0, 0.05) is 5.56 Å². The molecule has 0 atom stereocenters. The summed E-state index contributed by atoms with van der Waals surface area (Å²) in [5, 5.41) is 14.6. The van der Waals surface area contributed by atoms with Gasteiger partial charge in [0.1, 0.15) is 11.3 Å². The molecule has 1 fully saturated rings. The van der Waals surface area contributed by atoms with Gasteiger partial charge < -0.3 is 20.5 Å². The molecular formula is C18H24N2O5. The zero-order valence-electron chi connectivity index (χ0n) is 14.3. The summed E-state index contributed by atoms with van der Waals surface area (Å²) in [6.45, 7) is 2.15. The average Bonchev–Trinajstić information content (AvgIpc) is 2.61. The van der Waals surface area contributed by atoms with E-state index in [0.717, 1.165) is 19.3 Å². The van der Waals surface area contributed by atoms with Crippen molar-refractivity contribution in [2.24, 2.45) is 0 Å². The largest absolute Gasteiger partial charge is 0.494 e. The predicted molar refractivity (Wildman–Crippen MR) is 91.5 cm³/mol. The van der Waals surface area contributed by atoms with Crippen molar-refractivity contribution in [2.75, 3.05) is 13.2 Å². The molecule has 1 aliphatic carbocycles. The van der Waals surface area contributed by atoms with Crippen LogP contribution in [-0.2, 0) is 9.59 Å². The summed E-state index contributed by atoms with van der Waals surface area (Å²) in [7, 11) is 0. The number of rotatable bonds is 7. The molecule has 2 rings (SSSR count). The normalized spacial score (nSPS) is 15.9. The molecule has 1 aromatic carbocycles. The van der Waals surface area contributed by atoms with Gasteiger partial charge in [-0.1, -0.05) is 19.3 Å². The molecule has 136 valence electrons. The number of benzene rings is 1. The third-order valence-corrected chi connectivity index (χ3v) is 4.33. The standard InChI is InChI=1S/C18H24N2O5/c1-2-25-14-8-6-13(7-9-14)16(22)19-12-15(21)20-18(17(23)24)10-4-3-5-11-18/h6-9H,2-5,10-12H2,1H3,(H,19,22)(H,20,21)(H,23,24). The van der Waals surface area contributed by atoms with Gasteiger partial charge in [-0.05, 0) is 44.0 Å². The van der Waals surface area contributed by atoms with E-state index in [-0.39, 0.29) is 6.54 Å². The van der Waals surface area contributed by atoms with E-state index in [9.17, 15) is 19.5 Å². The van der Waals surface area contributed by atoms with Crippen LogP contribution < -0.4 is 15.4 Å². The van der Waals surface area contributed by atoms with Gasteiger partial charge in [0.05, 0.1) is 13.2 Å². The first-order valence-corrected chi connectivity index (χ1v) is 8.52. The first kappa shape index (κ1) is 18.8. The van der Waals surface area contributed by atoms with Crippen molar-refractivity contribution in [3.8, 4) is 5.75 Å². The minimum atomic E-state index is -1.21. The van der Waals surface area contributed by atoms with Crippen LogP contribution in [-0.4, -0.2) is 41.6 Å². The van der Waals surface area contributed by atoms with Gasteiger partial charge in [0.2, 0.25) is 5.91 Å². The Balaban J connectivity index is 1.88. The van der Waals surface area contributed by atoms with Crippen molar-refractivity contribution in [1.29, 1.82) is 0 Å². The lowest BCUT2D eigenvalue weighted by molar-refractivity contribution is -0.149. The summed E-state index contributed by atoms with van der Waals surface area (Å²) in [6, 6.07) is 6.58. The van der Waals surface area contributed by atoms with Crippen molar-refractivity contribution in [1.82, 2.24) is 10.6 Å². The molecule has 0 aromatic heterocycles. The SMILES string of the molecule is CCOc1ccc(C(=O)NCC(=O)NC2(C(=O)O)CCCCC2)cc1. The number of hydrogen-bond acceptors (Lipinski definition) is 4. The summed E-state index contributed by atoms with van der Waals surface area (Å²) in [5.74, 6) is -1.24. The first-order chi connectivity index (χ1) is 12.0. The average molecular weight is 348 g/mol. The van der Waals surface area contributed by atoms with Crippen LogP contribution in [0.2, 0.25) is 0 Å². The Morgan fingerprint density at radius 2 is 1.76 bits per heavy atom. The molecule has 25 heavy (non-hydrogen) atoms. The lowest BCUT2D eigenvalue weighted by Gasteiger charge is -2.33. The third-order valence-electron chi connectivity index (χ3n) is 4.33. The molecule has 0 bridgehead atoms. The maximum Gasteiger partial charge on any atom is 0.329 e. The van der Waals surface area contributed by atoms with Crippen LogP contribution in [0.4, 0.5) is 0 Å². The zero-order valence-corrected chi connectivity index (χ0v) is 14.3. The van der Waals surface area contributed by atoms with Gasteiger partial charge in [-0.2, -0.15) is 0 Å². The highest BCUT2D eigenvalue weighted by molar-refractivity contribution is 5.97. The molecule has 7 heteroatoms. The summed E-state index contributed by atoms with van der Waals surface area (Å²) in [5.41, 5.74) is -0.805. The van der Waals surface area contributed by atoms with Gasteiger partial charge in [0.15, 0.2) is 0 Å². The highest BCUT2D eigenvalue weighted by Crippen LogP contribution is 2.28. The second-order valence-corrected chi connectivity index (χ2v) is 6.14. The van der Waals surface area contributed by atoms with Crippen LogP contribution in [0.5, 0.6) is 5.75 Å². The molecule has 7 nitrogen and oxygen atoms in total. The smallest absolute Gasteiger partial charge is 0.329 e. The Hall–Kier alpha value is -2.57. The van der Waals surface area contributed by atoms with Crippen LogP contribution in [0.1, 0.15) is 49.4 Å². The molecule has 3 N–H and O–H groups in total. The summed E-state index contributed by atoms with van der Waals surface area (Å²) < 4.78 is 5.31. The highest BCUT2D eigenvalue weighted by Gasteiger charge is 2.40. The Morgan fingerprint density at radius 3 is 2.32 bits per heavy atom. The third kappa shape index (κ3) is 4.95. The van der Waals surface area contributed by atoms with E-state index in [1.807, 2.05) is 6.92 Å². The maximum absolute atomic E-state index is 12.1. The quantitative estimate of drug-likeness (QED) is 0.696. The monoisotopic (exact) mass is 348 g/mol. The van der Waals surface area contributed by atoms with Gasteiger partial charge in [0.25, 0.3) is 5.91 Å². The molecule has 2 amide bonds. The number of ether oxygens (including phenoxy) is 1. The van der Waals surface area contributed by atoms with E-state index in [0.29, 0.717) is 30.8 Å². The highest BCUT2D eigenvalue weighted by atomic mass is 16.5. The van der Waals surface area contributed by atoms with Crippen molar-refractivity contribution in [2.45, 2.75) is 44.6 Å². The van der Waals surface area contributed by atoms with Gasteiger partial charge in [-0.25, -0.2) is 4.79 Å².